The molecule has 3 aromatic carbocycles. The van der Waals surface area contributed by atoms with E-state index in [0.29, 0.717) is 0 Å². The summed E-state index contributed by atoms with van der Waals surface area (Å²) >= 11 is 0. The summed E-state index contributed by atoms with van der Waals surface area (Å²) in [7, 11) is 0. The van der Waals surface area contributed by atoms with Gasteiger partial charge in [0.1, 0.15) is 6.10 Å². The molecule has 0 unspecified atom stereocenters. The van der Waals surface area contributed by atoms with E-state index in [0.717, 1.165) is 36.8 Å². The highest BCUT2D eigenvalue weighted by Crippen LogP contribution is 2.58. The molecule has 2 fully saturated rings. The van der Waals surface area contributed by atoms with Crippen molar-refractivity contribution >= 4 is 11.9 Å². The zero-order valence-corrected chi connectivity index (χ0v) is 19.1. The summed E-state index contributed by atoms with van der Waals surface area (Å²) in [5.74, 6) is -2.97. The Hall–Kier alpha value is -3.40. The quantitative estimate of drug-likeness (QED) is 0.454. The summed E-state index contributed by atoms with van der Waals surface area (Å²) < 4.78 is 6.26. The van der Waals surface area contributed by atoms with E-state index in [1.54, 1.807) is 0 Å². The van der Waals surface area contributed by atoms with E-state index in [1.807, 2.05) is 78.9 Å². The monoisotopic (exact) mass is 454 g/mol. The van der Waals surface area contributed by atoms with Crippen LogP contribution in [-0.4, -0.2) is 23.1 Å². The molecule has 5 rings (SSSR count). The molecular formula is C30H30O4. The van der Waals surface area contributed by atoms with Gasteiger partial charge in [0.25, 0.3) is 0 Å². The molecule has 2 aliphatic carbocycles. The molecule has 174 valence electrons. The summed E-state index contributed by atoms with van der Waals surface area (Å²) in [6, 6.07) is 29.4. The minimum atomic E-state index is -0.869. The van der Waals surface area contributed by atoms with Gasteiger partial charge in [0, 0.05) is 17.8 Å². The summed E-state index contributed by atoms with van der Waals surface area (Å²) in [4.78, 5) is 26.2. The maximum Gasteiger partial charge on any atom is 0.310 e. The number of carboxylic acid groups (broad SMARTS) is 1. The number of ether oxygens (including phenoxy) is 1. The zero-order chi connectivity index (χ0) is 23.5. The average Bonchev–Trinajstić information content (AvgIpc) is 2.85. The molecule has 2 saturated carbocycles. The minimum Gasteiger partial charge on any atom is -0.481 e. The molecule has 0 spiro atoms. The second-order valence-electron chi connectivity index (χ2n) is 9.54. The van der Waals surface area contributed by atoms with Gasteiger partial charge in [0.05, 0.1) is 11.8 Å². The summed E-state index contributed by atoms with van der Waals surface area (Å²) in [6.07, 6.45) is 3.81. The molecule has 4 heteroatoms. The lowest BCUT2D eigenvalue weighted by atomic mass is 9.52. The smallest absolute Gasteiger partial charge is 0.310 e. The second kappa shape index (κ2) is 9.84. The highest BCUT2D eigenvalue weighted by Gasteiger charge is 2.59. The van der Waals surface area contributed by atoms with Crippen LogP contribution < -0.4 is 0 Å². The standard InChI is InChI=1S/C30H30O4/c31-29(32)27-25(21-14-6-2-7-15-21)28(26(27)22-16-8-3-9-17-22)30(33)34-24-19-11-10-18-23(24)20-12-4-1-5-13-20/h1-9,12-17,23-28H,10-11,18-19H2,(H,31,32)/t23-,24+,25-,26-,27-,28-/m0/s1. The van der Waals surface area contributed by atoms with Crippen LogP contribution in [0.4, 0.5) is 0 Å². The number of aliphatic carboxylic acids is 1. The van der Waals surface area contributed by atoms with Crippen molar-refractivity contribution in [3.63, 3.8) is 0 Å². The number of benzene rings is 3. The molecule has 2 aliphatic rings. The lowest BCUT2D eigenvalue weighted by Gasteiger charge is -2.49. The number of hydrogen-bond acceptors (Lipinski definition) is 3. The van der Waals surface area contributed by atoms with Crippen LogP contribution in [0.15, 0.2) is 91.0 Å². The van der Waals surface area contributed by atoms with Gasteiger partial charge in [-0.25, -0.2) is 0 Å². The van der Waals surface area contributed by atoms with E-state index in [1.165, 1.54) is 5.56 Å². The minimum absolute atomic E-state index is 0.180. The average molecular weight is 455 g/mol. The van der Waals surface area contributed by atoms with Crippen LogP contribution in [0.1, 0.15) is 60.1 Å². The van der Waals surface area contributed by atoms with E-state index in [-0.39, 0.29) is 18.0 Å². The first-order valence-electron chi connectivity index (χ1n) is 12.2. The van der Waals surface area contributed by atoms with Crippen molar-refractivity contribution in [2.75, 3.05) is 0 Å². The predicted octanol–water partition coefficient (Wildman–Crippen LogP) is 6.15. The third kappa shape index (κ3) is 4.25. The van der Waals surface area contributed by atoms with Gasteiger partial charge in [-0.1, -0.05) is 97.4 Å². The van der Waals surface area contributed by atoms with E-state index < -0.39 is 29.6 Å². The van der Waals surface area contributed by atoms with Crippen LogP contribution in [0, 0.1) is 11.8 Å². The molecule has 1 N–H and O–H groups in total. The van der Waals surface area contributed by atoms with Gasteiger partial charge in [-0.05, 0) is 36.0 Å². The zero-order valence-electron chi connectivity index (χ0n) is 19.1. The van der Waals surface area contributed by atoms with Crippen LogP contribution in [0.25, 0.3) is 0 Å². The third-order valence-corrected chi connectivity index (χ3v) is 7.67. The van der Waals surface area contributed by atoms with Crippen molar-refractivity contribution in [3.05, 3.63) is 108 Å². The number of rotatable bonds is 6. The van der Waals surface area contributed by atoms with Crippen LogP contribution in [0.5, 0.6) is 0 Å². The topological polar surface area (TPSA) is 63.6 Å². The molecule has 4 atom stereocenters. The predicted molar refractivity (Wildman–Crippen MR) is 131 cm³/mol. The van der Waals surface area contributed by atoms with Crippen molar-refractivity contribution in [2.45, 2.75) is 49.5 Å². The van der Waals surface area contributed by atoms with Gasteiger partial charge in [-0.3, -0.25) is 9.59 Å². The van der Waals surface area contributed by atoms with E-state index in [4.69, 9.17) is 4.74 Å². The highest BCUT2D eigenvalue weighted by atomic mass is 16.5. The van der Waals surface area contributed by atoms with Crippen molar-refractivity contribution < 1.29 is 19.4 Å². The molecule has 0 bridgehead atoms. The molecule has 3 aromatic rings. The molecule has 0 saturated heterocycles. The Morgan fingerprint density at radius 1 is 0.647 bits per heavy atom. The molecule has 0 heterocycles. The molecule has 0 amide bonds. The van der Waals surface area contributed by atoms with E-state index in [2.05, 4.69) is 12.1 Å². The summed E-state index contributed by atoms with van der Waals surface area (Å²) in [6.45, 7) is 0. The van der Waals surface area contributed by atoms with Gasteiger partial charge in [0.2, 0.25) is 0 Å². The van der Waals surface area contributed by atoms with Crippen LogP contribution in [0.3, 0.4) is 0 Å². The largest absolute Gasteiger partial charge is 0.481 e. The molecule has 0 aromatic heterocycles. The Morgan fingerprint density at radius 3 is 1.62 bits per heavy atom. The Morgan fingerprint density at radius 2 is 1.12 bits per heavy atom. The van der Waals surface area contributed by atoms with E-state index in [9.17, 15) is 14.7 Å². The summed E-state index contributed by atoms with van der Waals surface area (Å²) in [5.41, 5.74) is 2.97. The lowest BCUT2D eigenvalue weighted by molar-refractivity contribution is -0.170. The Kier molecular flexibility index (Phi) is 6.48. The Balaban J connectivity index is 1.46. The van der Waals surface area contributed by atoms with Gasteiger partial charge in [-0.2, -0.15) is 0 Å². The number of carboxylic acids is 1. The van der Waals surface area contributed by atoms with Gasteiger partial charge >= 0.3 is 11.9 Å². The molecule has 34 heavy (non-hydrogen) atoms. The first-order valence-corrected chi connectivity index (χ1v) is 12.2. The van der Waals surface area contributed by atoms with Crippen molar-refractivity contribution in [1.82, 2.24) is 0 Å². The summed E-state index contributed by atoms with van der Waals surface area (Å²) in [5, 5.41) is 10.2. The molecular weight excluding hydrogens is 424 g/mol. The van der Waals surface area contributed by atoms with Crippen molar-refractivity contribution in [2.24, 2.45) is 11.8 Å². The number of hydrogen-bond donors (Lipinski definition) is 1. The normalized spacial score (nSPS) is 28.5. The van der Waals surface area contributed by atoms with Gasteiger partial charge < -0.3 is 9.84 Å². The number of carbonyl (C=O) groups is 2. The second-order valence-corrected chi connectivity index (χ2v) is 9.54. The van der Waals surface area contributed by atoms with Gasteiger partial charge in [-0.15, -0.1) is 0 Å². The van der Waals surface area contributed by atoms with Crippen LogP contribution in [-0.2, 0) is 14.3 Å². The maximum atomic E-state index is 13.8. The van der Waals surface area contributed by atoms with Crippen LogP contribution in [0.2, 0.25) is 0 Å². The first kappa shape index (κ1) is 22.4. The third-order valence-electron chi connectivity index (χ3n) is 7.67. The molecule has 0 radical (unpaired) electrons. The molecule has 4 nitrogen and oxygen atoms in total. The maximum absolute atomic E-state index is 13.8. The first-order chi connectivity index (χ1) is 16.6. The van der Waals surface area contributed by atoms with Gasteiger partial charge in [0.15, 0.2) is 0 Å². The van der Waals surface area contributed by atoms with Crippen LogP contribution >= 0.6 is 0 Å². The number of esters is 1. The highest BCUT2D eigenvalue weighted by molar-refractivity contribution is 5.84. The van der Waals surface area contributed by atoms with Crippen molar-refractivity contribution in [1.29, 1.82) is 0 Å². The fourth-order valence-electron chi connectivity index (χ4n) is 6.08. The molecule has 0 aliphatic heterocycles. The number of carbonyl (C=O) groups excluding carboxylic acids is 1. The Labute approximate surface area is 200 Å². The fraction of sp³-hybridized carbons (Fsp3) is 0.333. The van der Waals surface area contributed by atoms with E-state index >= 15 is 0 Å². The Bertz CT molecular complexity index is 1060. The fourth-order valence-corrected chi connectivity index (χ4v) is 6.08. The van der Waals surface area contributed by atoms with Crippen molar-refractivity contribution in [3.8, 4) is 0 Å². The lowest BCUT2D eigenvalue weighted by Crippen LogP contribution is -2.52. The SMILES string of the molecule is O=C(O)[C@H]1[C@H](c2ccccc2)[C@H](C(=O)O[C@@H]2CCCC[C@H]2c2ccccc2)[C@H]1c1ccccc1.